The van der Waals surface area contributed by atoms with Gasteiger partial charge in [-0.05, 0) is 12.1 Å². The number of halogens is 2. The molecule has 0 radical (unpaired) electrons. The van der Waals surface area contributed by atoms with E-state index in [1.54, 1.807) is 12.1 Å². The van der Waals surface area contributed by atoms with Crippen LogP contribution in [0.4, 0.5) is 5.69 Å². The van der Waals surface area contributed by atoms with Gasteiger partial charge >= 0.3 is 0 Å². The summed E-state index contributed by atoms with van der Waals surface area (Å²) in [6, 6.07) is 13.2. The largest absolute Gasteiger partial charge is 0.448 e. The zero-order valence-electron chi connectivity index (χ0n) is 14.0. The van der Waals surface area contributed by atoms with Crippen molar-refractivity contribution < 1.29 is 4.74 Å². The molecule has 1 atom stereocenters. The average molecular weight is 417 g/mol. The monoisotopic (exact) mass is 416 g/mol. The molecule has 2 aromatic carbocycles. The Bertz CT molecular complexity index is 1010. The van der Waals surface area contributed by atoms with Gasteiger partial charge in [-0.3, -0.25) is 0 Å². The van der Waals surface area contributed by atoms with Gasteiger partial charge in [0, 0.05) is 22.6 Å². The lowest BCUT2D eigenvalue weighted by atomic mass is 10.1. The van der Waals surface area contributed by atoms with Crippen molar-refractivity contribution in [1.29, 1.82) is 0 Å². The van der Waals surface area contributed by atoms with E-state index in [4.69, 9.17) is 27.9 Å². The van der Waals surface area contributed by atoms with Crippen LogP contribution in [0.1, 0.15) is 11.8 Å². The quantitative estimate of drug-likeness (QED) is 0.439. The summed E-state index contributed by atoms with van der Waals surface area (Å²) in [5, 5.41) is 13.3. The molecular weight excluding hydrogens is 403 g/mol. The molecule has 2 heterocycles. The van der Waals surface area contributed by atoms with E-state index in [0.717, 1.165) is 11.3 Å². The number of thioether (sulfide) groups is 1. The van der Waals surface area contributed by atoms with Crippen LogP contribution in [0.2, 0.25) is 10.0 Å². The molecule has 0 spiro atoms. The van der Waals surface area contributed by atoms with Crippen LogP contribution in [0.3, 0.4) is 0 Å². The SMILES string of the molecule is C=CCSc1nnc2c(n1)O[C@H](c1cccc(Cl)c1Cl)Nc1ccccc1-2. The van der Waals surface area contributed by atoms with Crippen LogP contribution in [-0.2, 0) is 0 Å². The zero-order valence-corrected chi connectivity index (χ0v) is 16.4. The number of aromatic nitrogens is 3. The molecule has 1 aromatic heterocycles. The number of ether oxygens (including phenoxy) is 1. The Labute approximate surface area is 170 Å². The molecule has 0 amide bonds. The van der Waals surface area contributed by atoms with Crippen LogP contribution >= 0.6 is 35.0 Å². The lowest BCUT2D eigenvalue weighted by Crippen LogP contribution is -2.17. The van der Waals surface area contributed by atoms with Crippen molar-refractivity contribution in [1.82, 2.24) is 15.2 Å². The summed E-state index contributed by atoms with van der Waals surface area (Å²) < 4.78 is 6.17. The summed E-state index contributed by atoms with van der Waals surface area (Å²) in [5.74, 6) is 1.06. The smallest absolute Gasteiger partial charge is 0.247 e. The molecule has 27 heavy (non-hydrogen) atoms. The second-order valence-corrected chi connectivity index (χ2v) is 7.45. The Balaban J connectivity index is 1.83. The summed E-state index contributed by atoms with van der Waals surface area (Å²) in [6.45, 7) is 3.71. The first-order valence-electron chi connectivity index (χ1n) is 8.12. The minimum atomic E-state index is -0.576. The van der Waals surface area contributed by atoms with Gasteiger partial charge in [-0.25, -0.2) is 0 Å². The molecule has 0 fully saturated rings. The van der Waals surface area contributed by atoms with E-state index < -0.39 is 6.23 Å². The topological polar surface area (TPSA) is 59.9 Å². The summed E-state index contributed by atoms with van der Waals surface area (Å²) >= 11 is 14.0. The van der Waals surface area contributed by atoms with Crippen molar-refractivity contribution in [2.45, 2.75) is 11.4 Å². The molecule has 0 saturated heterocycles. The molecule has 0 bridgehead atoms. The normalized spacial score (nSPS) is 15.0. The number of hydrogen-bond acceptors (Lipinski definition) is 6. The third-order valence-corrected chi connectivity index (χ3v) is 5.59. The molecule has 5 nitrogen and oxygen atoms in total. The fourth-order valence-electron chi connectivity index (χ4n) is 2.71. The van der Waals surface area contributed by atoms with Gasteiger partial charge in [-0.2, -0.15) is 4.98 Å². The molecule has 8 heteroatoms. The summed E-state index contributed by atoms with van der Waals surface area (Å²) in [6.07, 6.45) is 1.21. The average Bonchev–Trinajstić information content (AvgIpc) is 2.84. The van der Waals surface area contributed by atoms with Gasteiger partial charge in [0.15, 0.2) is 11.9 Å². The van der Waals surface area contributed by atoms with Crippen molar-refractivity contribution in [3.63, 3.8) is 0 Å². The highest BCUT2D eigenvalue weighted by Gasteiger charge is 2.27. The number of nitrogens with one attached hydrogen (secondary N) is 1. The van der Waals surface area contributed by atoms with Crippen LogP contribution in [0.25, 0.3) is 11.3 Å². The Hall–Kier alpha value is -2.28. The Kier molecular flexibility index (Phi) is 5.20. The van der Waals surface area contributed by atoms with Crippen molar-refractivity contribution in [3.05, 3.63) is 70.7 Å². The zero-order chi connectivity index (χ0) is 18.8. The number of benzene rings is 2. The van der Waals surface area contributed by atoms with Gasteiger partial charge in [-0.15, -0.1) is 16.8 Å². The molecule has 136 valence electrons. The predicted octanol–water partition coefficient (Wildman–Crippen LogP) is 5.63. The first kappa shape index (κ1) is 18.1. The van der Waals surface area contributed by atoms with E-state index in [9.17, 15) is 0 Å². The fraction of sp³-hybridized carbons (Fsp3) is 0.105. The second-order valence-electron chi connectivity index (χ2n) is 5.68. The molecule has 4 rings (SSSR count). The van der Waals surface area contributed by atoms with Gasteiger partial charge in [0.1, 0.15) is 0 Å². The van der Waals surface area contributed by atoms with E-state index in [-0.39, 0.29) is 0 Å². The van der Waals surface area contributed by atoms with Gasteiger partial charge < -0.3 is 10.1 Å². The van der Waals surface area contributed by atoms with Crippen molar-refractivity contribution in [2.24, 2.45) is 0 Å². The molecule has 3 aromatic rings. The number of para-hydroxylation sites is 1. The standard InChI is InChI=1S/C19H14Cl2N4OS/c1-2-10-27-19-23-18-16(24-25-19)11-6-3-4-9-14(11)22-17(26-18)12-7-5-8-13(20)15(12)21/h2-9,17,22H,1,10H2/t17-/m1/s1. The maximum absolute atomic E-state index is 6.42. The molecule has 1 N–H and O–H groups in total. The minimum absolute atomic E-state index is 0.384. The highest BCUT2D eigenvalue weighted by atomic mass is 35.5. The Morgan fingerprint density at radius 3 is 2.85 bits per heavy atom. The number of hydrogen-bond donors (Lipinski definition) is 1. The lowest BCUT2D eigenvalue weighted by molar-refractivity contribution is 0.225. The third-order valence-electron chi connectivity index (χ3n) is 3.93. The summed E-state index contributed by atoms with van der Waals surface area (Å²) in [7, 11) is 0. The molecule has 1 aliphatic heterocycles. The van der Waals surface area contributed by atoms with Crippen LogP contribution in [0.15, 0.2) is 60.3 Å². The highest BCUT2D eigenvalue weighted by Crippen LogP contribution is 2.41. The van der Waals surface area contributed by atoms with Crippen molar-refractivity contribution >= 4 is 40.7 Å². The fourth-order valence-corrected chi connectivity index (χ4v) is 3.63. The maximum atomic E-state index is 6.42. The van der Waals surface area contributed by atoms with Gasteiger partial charge in [0.2, 0.25) is 11.0 Å². The molecule has 0 saturated carbocycles. The number of anilines is 1. The van der Waals surface area contributed by atoms with Gasteiger partial charge in [-0.1, -0.05) is 71.4 Å². The van der Waals surface area contributed by atoms with Crippen LogP contribution in [0, 0.1) is 0 Å². The summed E-state index contributed by atoms with van der Waals surface area (Å²) in [4.78, 5) is 4.54. The molecular formula is C19H14Cl2N4OS. The van der Waals surface area contributed by atoms with E-state index >= 15 is 0 Å². The third kappa shape index (κ3) is 3.60. The first-order chi connectivity index (χ1) is 13.2. The van der Waals surface area contributed by atoms with Crippen molar-refractivity contribution in [2.75, 3.05) is 11.1 Å². The first-order valence-corrected chi connectivity index (χ1v) is 9.86. The Morgan fingerprint density at radius 2 is 2.00 bits per heavy atom. The van der Waals surface area contributed by atoms with E-state index in [2.05, 4.69) is 27.1 Å². The predicted molar refractivity (Wildman–Crippen MR) is 110 cm³/mol. The van der Waals surface area contributed by atoms with Gasteiger partial charge in [0.05, 0.1) is 10.0 Å². The van der Waals surface area contributed by atoms with Crippen LogP contribution in [0.5, 0.6) is 5.88 Å². The second kappa shape index (κ2) is 7.76. The molecule has 1 aliphatic rings. The van der Waals surface area contributed by atoms with E-state index in [1.165, 1.54) is 11.8 Å². The van der Waals surface area contributed by atoms with Gasteiger partial charge in [0.25, 0.3) is 0 Å². The van der Waals surface area contributed by atoms with E-state index in [0.29, 0.717) is 38.1 Å². The lowest BCUT2D eigenvalue weighted by Gasteiger charge is -2.20. The van der Waals surface area contributed by atoms with Crippen LogP contribution in [-0.4, -0.2) is 20.9 Å². The van der Waals surface area contributed by atoms with Crippen molar-refractivity contribution in [3.8, 4) is 17.1 Å². The molecule has 0 aliphatic carbocycles. The number of fused-ring (bicyclic) bond motifs is 3. The minimum Gasteiger partial charge on any atom is -0.448 e. The van der Waals surface area contributed by atoms with Crippen LogP contribution < -0.4 is 10.1 Å². The summed E-state index contributed by atoms with van der Waals surface area (Å²) in [5.41, 5.74) is 2.99. The number of rotatable bonds is 4. The Morgan fingerprint density at radius 1 is 1.15 bits per heavy atom. The number of nitrogens with zero attached hydrogens (tertiary/aromatic N) is 3. The highest BCUT2D eigenvalue weighted by molar-refractivity contribution is 7.99. The maximum Gasteiger partial charge on any atom is 0.247 e. The molecule has 0 unspecified atom stereocenters. The van der Waals surface area contributed by atoms with E-state index in [1.807, 2.05) is 36.4 Å².